The van der Waals surface area contributed by atoms with Gasteiger partial charge in [0.15, 0.2) is 5.75 Å². The van der Waals surface area contributed by atoms with Crippen LogP contribution in [-0.2, 0) is 0 Å². The van der Waals surface area contributed by atoms with Gasteiger partial charge in [0.1, 0.15) is 0 Å². The van der Waals surface area contributed by atoms with E-state index < -0.39 is 0 Å². The summed E-state index contributed by atoms with van der Waals surface area (Å²) in [6, 6.07) is 4.58. The Bertz CT molecular complexity index is 449. The lowest BCUT2D eigenvalue weighted by Gasteiger charge is -2.15. The zero-order chi connectivity index (χ0) is 12.8. The van der Waals surface area contributed by atoms with Gasteiger partial charge in [-0.15, -0.1) is 12.3 Å². The number of para-hydroxylation sites is 1. The molecule has 0 fully saturated rings. The smallest absolute Gasteiger partial charge is 0.255 e. The zero-order valence-corrected chi connectivity index (χ0v) is 9.73. The molecule has 0 saturated heterocycles. The molecule has 0 aliphatic rings. The summed E-state index contributed by atoms with van der Waals surface area (Å²) in [7, 11) is 0. The van der Waals surface area contributed by atoms with Crippen LogP contribution >= 0.6 is 0 Å². The molecule has 1 amide bonds. The summed E-state index contributed by atoms with van der Waals surface area (Å²) in [6.07, 6.45) is 6.40. The molecule has 0 bridgehead atoms. The second-order valence-electron chi connectivity index (χ2n) is 3.73. The standard InChI is InChI=1S/C13H16N2O2/c1-3-6-9(4-2)15-13(17)10-7-5-8-11(14)12(10)16/h1,5,7-9,16H,4,6,14H2,2H3,(H,15,17). The van der Waals surface area contributed by atoms with E-state index >= 15 is 0 Å². The molecule has 4 nitrogen and oxygen atoms in total. The summed E-state index contributed by atoms with van der Waals surface area (Å²) in [5.41, 5.74) is 5.87. The first-order valence-electron chi connectivity index (χ1n) is 5.41. The van der Waals surface area contributed by atoms with Gasteiger partial charge in [-0.2, -0.15) is 0 Å². The van der Waals surface area contributed by atoms with Crippen LogP contribution in [-0.4, -0.2) is 17.1 Å². The highest BCUT2D eigenvalue weighted by atomic mass is 16.3. The fourth-order valence-electron chi connectivity index (χ4n) is 1.45. The van der Waals surface area contributed by atoms with Crippen LogP contribution in [0.2, 0.25) is 0 Å². The predicted octanol–water partition coefficient (Wildman–Crippen LogP) is 1.51. The van der Waals surface area contributed by atoms with Crippen molar-refractivity contribution in [1.29, 1.82) is 0 Å². The van der Waals surface area contributed by atoms with Crippen molar-refractivity contribution in [3.05, 3.63) is 23.8 Å². The average Bonchev–Trinajstić information content (AvgIpc) is 2.31. The lowest BCUT2D eigenvalue weighted by Crippen LogP contribution is -2.34. The van der Waals surface area contributed by atoms with E-state index in [1.165, 1.54) is 12.1 Å². The second kappa shape index (κ2) is 5.80. The maximum Gasteiger partial charge on any atom is 0.255 e. The van der Waals surface area contributed by atoms with E-state index in [1.54, 1.807) is 6.07 Å². The summed E-state index contributed by atoms with van der Waals surface area (Å²) in [6.45, 7) is 1.93. The van der Waals surface area contributed by atoms with Crippen molar-refractivity contribution in [3.8, 4) is 18.1 Å². The van der Waals surface area contributed by atoms with Gasteiger partial charge < -0.3 is 16.2 Å². The van der Waals surface area contributed by atoms with Crippen LogP contribution in [0.4, 0.5) is 5.69 Å². The first-order valence-corrected chi connectivity index (χ1v) is 5.41. The van der Waals surface area contributed by atoms with E-state index in [0.717, 1.165) is 6.42 Å². The Morgan fingerprint density at radius 1 is 1.65 bits per heavy atom. The van der Waals surface area contributed by atoms with Crippen LogP contribution in [0.15, 0.2) is 18.2 Å². The maximum absolute atomic E-state index is 11.9. The molecule has 0 radical (unpaired) electrons. The summed E-state index contributed by atoms with van der Waals surface area (Å²) in [4.78, 5) is 11.9. The normalized spacial score (nSPS) is 11.5. The predicted molar refractivity (Wildman–Crippen MR) is 67.5 cm³/mol. The average molecular weight is 232 g/mol. The van der Waals surface area contributed by atoms with Crippen molar-refractivity contribution in [3.63, 3.8) is 0 Å². The fraction of sp³-hybridized carbons (Fsp3) is 0.308. The molecular formula is C13H16N2O2. The Hall–Kier alpha value is -2.15. The number of anilines is 1. The summed E-state index contributed by atoms with van der Waals surface area (Å²) >= 11 is 0. The maximum atomic E-state index is 11.9. The lowest BCUT2D eigenvalue weighted by molar-refractivity contribution is 0.0934. The van der Waals surface area contributed by atoms with Gasteiger partial charge >= 0.3 is 0 Å². The molecule has 0 spiro atoms. The minimum Gasteiger partial charge on any atom is -0.505 e. The summed E-state index contributed by atoms with van der Waals surface area (Å²) < 4.78 is 0. The van der Waals surface area contributed by atoms with Crippen LogP contribution in [0.1, 0.15) is 30.1 Å². The third-order valence-corrected chi connectivity index (χ3v) is 2.50. The Morgan fingerprint density at radius 3 is 2.94 bits per heavy atom. The molecule has 0 heterocycles. The molecule has 0 aliphatic carbocycles. The summed E-state index contributed by atoms with van der Waals surface area (Å²) in [5, 5.41) is 12.4. The molecule has 0 aromatic heterocycles. The van der Waals surface area contributed by atoms with E-state index in [4.69, 9.17) is 12.2 Å². The first-order chi connectivity index (χ1) is 8.10. The van der Waals surface area contributed by atoms with Crippen molar-refractivity contribution in [2.24, 2.45) is 0 Å². The molecule has 1 aromatic rings. The van der Waals surface area contributed by atoms with Crippen LogP contribution in [0.3, 0.4) is 0 Å². The highest BCUT2D eigenvalue weighted by Gasteiger charge is 2.15. The van der Waals surface area contributed by atoms with E-state index in [-0.39, 0.29) is 28.9 Å². The first kappa shape index (κ1) is 12.9. The Kier molecular flexibility index (Phi) is 4.41. The molecule has 4 N–H and O–H groups in total. The van der Waals surface area contributed by atoms with Crippen molar-refractivity contribution in [2.45, 2.75) is 25.8 Å². The van der Waals surface area contributed by atoms with Gasteiger partial charge in [-0.1, -0.05) is 13.0 Å². The highest BCUT2D eigenvalue weighted by molar-refractivity contribution is 5.98. The molecule has 0 saturated carbocycles. The Morgan fingerprint density at radius 2 is 2.35 bits per heavy atom. The van der Waals surface area contributed by atoms with Crippen molar-refractivity contribution >= 4 is 11.6 Å². The molecular weight excluding hydrogens is 216 g/mol. The molecule has 90 valence electrons. The van der Waals surface area contributed by atoms with Gasteiger partial charge in [-0.3, -0.25) is 4.79 Å². The Labute approximate surface area is 101 Å². The molecule has 1 atom stereocenters. The molecule has 17 heavy (non-hydrogen) atoms. The van der Waals surface area contributed by atoms with Gasteiger partial charge in [0.05, 0.1) is 11.3 Å². The highest BCUT2D eigenvalue weighted by Crippen LogP contribution is 2.24. The Balaban J connectivity index is 2.83. The number of benzene rings is 1. The number of nitrogens with one attached hydrogen (secondary N) is 1. The monoisotopic (exact) mass is 232 g/mol. The number of nitrogen functional groups attached to an aromatic ring is 1. The molecule has 1 rings (SSSR count). The van der Waals surface area contributed by atoms with Crippen molar-refractivity contribution < 1.29 is 9.90 Å². The largest absolute Gasteiger partial charge is 0.505 e. The number of phenolic OH excluding ortho intramolecular Hbond substituents is 1. The van der Waals surface area contributed by atoms with Gasteiger partial charge in [0.2, 0.25) is 0 Å². The number of phenols is 1. The number of hydrogen-bond donors (Lipinski definition) is 3. The number of amides is 1. The van der Waals surface area contributed by atoms with Crippen LogP contribution in [0.5, 0.6) is 5.75 Å². The van der Waals surface area contributed by atoms with Gasteiger partial charge in [0.25, 0.3) is 5.91 Å². The molecule has 1 aromatic carbocycles. The van der Waals surface area contributed by atoms with Crippen molar-refractivity contribution in [1.82, 2.24) is 5.32 Å². The van der Waals surface area contributed by atoms with Gasteiger partial charge in [-0.25, -0.2) is 0 Å². The number of carbonyl (C=O) groups excluding carboxylic acids is 1. The van der Waals surface area contributed by atoms with E-state index in [2.05, 4.69) is 11.2 Å². The molecule has 1 unspecified atom stereocenters. The molecule has 4 heteroatoms. The zero-order valence-electron chi connectivity index (χ0n) is 9.73. The number of rotatable bonds is 4. The van der Waals surface area contributed by atoms with E-state index in [9.17, 15) is 9.90 Å². The summed E-state index contributed by atoms with van der Waals surface area (Å²) in [5.74, 6) is 1.94. The SMILES string of the molecule is C#CCC(CC)NC(=O)c1cccc(N)c1O. The second-order valence-corrected chi connectivity index (χ2v) is 3.73. The number of hydrogen-bond acceptors (Lipinski definition) is 3. The lowest BCUT2D eigenvalue weighted by atomic mass is 10.1. The quantitative estimate of drug-likeness (QED) is 0.418. The fourth-order valence-corrected chi connectivity index (χ4v) is 1.45. The van der Waals surface area contributed by atoms with Crippen molar-refractivity contribution in [2.75, 3.05) is 5.73 Å². The minimum absolute atomic E-state index is 0.0895. The number of carbonyl (C=O) groups is 1. The van der Waals surface area contributed by atoms with Crippen LogP contribution in [0.25, 0.3) is 0 Å². The topological polar surface area (TPSA) is 75.4 Å². The third-order valence-electron chi connectivity index (χ3n) is 2.50. The van der Waals surface area contributed by atoms with Gasteiger partial charge in [0, 0.05) is 12.5 Å². The minimum atomic E-state index is -0.364. The third kappa shape index (κ3) is 3.15. The van der Waals surface area contributed by atoms with Crippen LogP contribution < -0.4 is 11.1 Å². The number of terminal acetylenes is 1. The van der Waals surface area contributed by atoms with Gasteiger partial charge in [-0.05, 0) is 18.6 Å². The van der Waals surface area contributed by atoms with E-state index in [0.29, 0.717) is 6.42 Å². The van der Waals surface area contributed by atoms with Crippen LogP contribution in [0, 0.1) is 12.3 Å². The number of aromatic hydroxyl groups is 1. The number of nitrogens with two attached hydrogens (primary N) is 1. The molecule has 0 aliphatic heterocycles. The van der Waals surface area contributed by atoms with E-state index in [1.807, 2.05) is 6.92 Å².